The number of rotatable bonds is 4. The second-order valence-corrected chi connectivity index (χ2v) is 7.20. The van der Waals surface area contributed by atoms with Gasteiger partial charge >= 0.3 is 0 Å². The molecule has 0 aromatic heterocycles. The summed E-state index contributed by atoms with van der Waals surface area (Å²) in [6, 6.07) is 4.90. The van der Waals surface area contributed by atoms with E-state index in [9.17, 15) is 8.42 Å². The molecule has 0 amide bonds. The number of sulfonamides is 1. The van der Waals surface area contributed by atoms with Crippen molar-refractivity contribution in [3.05, 3.63) is 27.7 Å². The van der Waals surface area contributed by atoms with E-state index in [0.717, 1.165) is 12.8 Å². The van der Waals surface area contributed by atoms with Crippen molar-refractivity contribution in [2.45, 2.75) is 18.9 Å². The SMILES string of the molecule is O=S(=O)(CC1CCCO1)Nc1ccc(Cl)cc1Br. The Labute approximate surface area is 120 Å². The monoisotopic (exact) mass is 353 g/mol. The average molecular weight is 355 g/mol. The number of nitrogens with one attached hydrogen (secondary N) is 1. The van der Waals surface area contributed by atoms with Gasteiger partial charge in [0.15, 0.2) is 0 Å². The van der Waals surface area contributed by atoms with Crippen molar-refractivity contribution in [1.29, 1.82) is 0 Å². The lowest BCUT2D eigenvalue weighted by molar-refractivity contribution is 0.127. The van der Waals surface area contributed by atoms with Gasteiger partial charge in [-0.05, 0) is 47.0 Å². The summed E-state index contributed by atoms with van der Waals surface area (Å²) >= 11 is 9.07. The summed E-state index contributed by atoms with van der Waals surface area (Å²) in [4.78, 5) is 0. The van der Waals surface area contributed by atoms with Gasteiger partial charge in [-0.1, -0.05) is 11.6 Å². The van der Waals surface area contributed by atoms with Crippen LogP contribution in [0.2, 0.25) is 5.02 Å². The van der Waals surface area contributed by atoms with Crippen LogP contribution in [0.25, 0.3) is 0 Å². The number of halogens is 2. The van der Waals surface area contributed by atoms with E-state index in [4.69, 9.17) is 16.3 Å². The Morgan fingerprint density at radius 2 is 2.28 bits per heavy atom. The van der Waals surface area contributed by atoms with Gasteiger partial charge in [0, 0.05) is 16.1 Å². The maximum atomic E-state index is 11.9. The Balaban J connectivity index is 2.07. The number of anilines is 1. The van der Waals surface area contributed by atoms with Gasteiger partial charge < -0.3 is 4.74 Å². The normalized spacial score (nSPS) is 20.0. The molecular formula is C11H13BrClNO3S. The van der Waals surface area contributed by atoms with Crippen LogP contribution in [0.4, 0.5) is 5.69 Å². The number of hydrogen-bond acceptors (Lipinski definition) is 3. The van der Waals surface area contributed by atoms with Crippen LogP contribution in [0, 0.1) is 0 Å². The highest BCUT2D eigenvalue weighted by Gasteiger charge is 2.23. The summed E-state index contributed by atoms with van der Waals surface area (Å²) < 4.78 is 32.4. The molecule has 1 aliphatic heterocycles. The first kappa shape index (κ1) is 14.1. The van der Waals surface area contributed by atoms with E-state index >= 15 is 0 Å². The molecule has 1 N–H and O–H groups in total. The van der Waals surface area contributed by atoms with E-state index in [0.29, 0.717) is 21.8 Å². The van der Waals surface area contributed by atoms with E-state index in [-0.39, 0.29) is 11.9 Å². The molecule has 18 heavy (non-hydrogen) atoms. The number of benzene rings is 1. The molecule has 1 unspecified atom stereocenters. The lowest BCUT2D eigenvalue weighted by Gasteiger charge is -2.13. The molecule has 7 heteroatoms. The quantitative estimate of drug-likeness (QED) is 0.904. The summed E-state index contributed by atoms with van der Waals surface area (Å²) in [5.74, 6) is -0.0118. The number of ether oxygens (including phenoxy) is 1. The van der Waals surface area contributed by atoms with Crippen LogP contribution in [0.5, 0.6) is 0 Å². The zero-order chi connectivity index (χ0) is 13.2. The minimum absolute atomic E-state index is 0.0118. The summed E-state index contributed by atoms with van der Waals surface area (Å²) in [5.41, 5.74) is 0.484. The molecule has 1 saturated heterocycles. The fourth-order valence-corrected chi connectivity index (χ4v) is 4.06. The predicted molar refractivity (Wildman–Crippen MR) is 75.5 cm³/mol. The summed E-state index contributed by atoms with van der Waals surface area (Å²) in [5, 5.41) is 0.545. The predicted octanol–water partition coefficient (Wildman–Crippen LogP) is 3.02. The highest BCUT2D eigenvalue weighted by Crippen LogP contribution is 2.27. The topological polar surface area (TPSA) is 55.4 Å². The van der Waals surface area contributed by atoms with Gasteiger partial charge in [0.2, 0.25) is 10.0 Å². The third-order valence-corrected chi connectivity index (χ3v) is 4.86. The van der Waals surface area contributed by atoms with Crippen LogP contribution >= 0.6 is 27.5 Å². The molecular weight excluding hydrogens is 342 g/mol. The first-order chi connectivity index (χ1) is 8.46. The molecule has 1 fully saturated rings. The van der Waals surface area contributed by atoms with E-state index < -0.39 is 10.0 Å². The van der Waals surface area contributed by atoms with Crippen molar-refractivity contribution < 1.29 is 13.2 Å². The van der Waals surface area contributed by atoms with E-state index in [1.54, 1.807) is 18.2 Å². The molecule has 1 heterocycles. The Morgan fingerprint density at radius 3 is 2.89 bits per heavy atom. The highest BCUT2D eigenvalue weighted by molar-refractivity contribution is 9.10. The largest absolute Gasteiger partial charge is 0.377 e. The van der Waals surface area contributed by atoms with Gasteiger partial charge in [0.25, 0.3) is 0 Å². The molecule has 1 atom stereocenters. The van der Waals surface area contributed by atoms with Crippen LogP contribution in [0.1, 0.15) is 12.8 Å². The summed E-state index contributed by atoms with van der Waals surface area (Å²) in [7, 11) is -3.40. The minimum Gasteiger partial charge on any atom is -0.377 e. The van der Waals surface area contributed by atoms with Gasteiger partial charge in [-0.3, -0.25) is 4.72 Å². The van der Waals surface area contributed by atoms with Crippen LogP contribution in [0.3, 0.4) is 0 Å². The average Bonchev–Trinajstić information content (AvgIpc) is 2.74. The minimum atomic E-state index is -3.40. The molecule has 0 bridgehead atoms. The lowest BCUT2D eigenvalue weighted by Crippen LogP contribution is -2.25. The summed E-state index contributed by atoms with van der Waals surface area (Å²) in [6.07, 6.45) is 1.52. The van der Waals surface area contributed by atoms with Crippen molar-refractivity contribution in [2.24, 2.45) is 0 Å². The molecule has 0 radical (unpaired) electrons. The van der Waals surface area contributed by atoms with Crippen molar-refractivity contribution >= 4 is 43.2 Å². The first-order valence-electron chi connectivity index (χ1n) is 5.53. The zero-order valence-electron chi connectivity index (χ0n) is 9.53. The molecule has 0 spiro atoms. The smallest absolute Gasteiger partial charge is 0.235 e. The molecule has 1 aliphatic rings. The van der Waals surface area contributed by atoms with Crippen LogP contribution in [-0.2, 0) is 14.8 Å². The highest BCUT2D eigenvalue weighted by atomic mass is 79.9. The summed E-state index contributed by atoms with van der Waals surface area (Å²) in [6.45, 7) is 0.644. The number of hydrogen-bond donors (Lipinski definition) is 1. The molecule has 100 valence electrons. The zero-order valence-corrected chi connectivity index (χ0v) is 12.7. The van der Waals surface area contributed by atoms with Gasteiger partial charge in [0.1, 0.15) is 0 Å². The van der Waals surface area contributed by atoms with Gasteiger partial charge in [0.05, 0.1) is 17.5 Å². The fraction of sp³-hybridized carbons (Fsp3) is 0.455. The first-order valence-corrected chi connectivity index (χ1v) is 8.36. The van der Waals surface area contributed by atoms with Crippen molar-refractivity contribution in [2.75, 3.05) is 17.1 Å². The molecule has 1 aromatic carbocycles. The molecule has 4 nitrogen and oxygen atoms in total. The lowest BCUT2D eigenvalue weighted by atomic mass is 10.3. The standard InChI is InChI=1S/C11H13BrClNO3S/c12-10-6-8(13)3-4-11(10)14-18(15,16)7-9-2-1-5-17-9/h3-4,6,9,14H,1-2,5,7H2. The van der Waals surface area contributed by atoms with E-state index in [1.807, 2.05) is 0 Å². The van der Waals surface area contributed by atoms with E-state index in [2.05, 4.69) is 20.7 Å². The van der Waals surface area contributed by atoms with Crippen molar-refractivity contribution in [1.82, 2.24) is 0 Å². The molecule has 0 aliphatic carbocycles. The van der Waals surface area contributed by atoms with E-state index in [1.165, 1.54) is 0 Å². The maximum absolute atomic E-state index is 11.9. The second-order valence-electron chi connectivity index (χ2n) is 4.14. The van der Waals surface area contributed by atoms with Gasteiger partial charge in [-0.15, -0.1) is 0 Å². The molecule has 2 rings (SSSR count). The van der Waals surface area contributed by atoms with Gasteiger partial charge in [-0.2, -0.15) is 0 Å². The van der Waals surface area contributed by atoms with Crippen LogP contribution in [-0.4, -0.2) is 26.9 Å². The third-order valence-electron chi connectivity index (χ3n) is 2.63. The van der Waals surface area contributed by atoms with Crippen molar-refractivity contribution in [3.8, 4) is 0 Å². The van der Waals surface area contributed by atoms with Crippen molar-refractivity contribution in [3.63, 3.8) is 0 Å². The Morgan fingerprint density at radius 1 is 1.50 bits per heavy atom. The Hall–Kier alpha value is -0.300. The fourth-order valence-electron chi connectivity index (χ4n) is 1.80. The van der Waals surface area contributed by atoms with Crippen LogP contribution < -0.4 is 4.72 Å². The van der Waals surface area contributed by atoms with Gasteiger partial charge in [-0.25, -0.2) is 8.42 Å². The maximum Gasteiger partial charge on any atom is 0.235 e. The second kappa shape index (κ2) is 5.77. The Bertz CT molecular complexity index is 529. The Kier molecular flexibility index (Phi) is 4.53. The molecule has 0 saturated carbocycles. The molecule has 1 aromatic rings. The van der Waals surface area contributed by atoms with Crippen LogP contribution in [0.15, 0.2) is 22.7 Å². The third kappa shape index (κ3) is 3.85.